The van der Waals surface area contributed by atoms with Gasteiger partial charge in [0.2, 0.25) is 0 Å². The van der Waals surface area contributed by atoms with E-state index < -0.39 is 0 Å². The molecule has 0 N–H and O–H groups in total. The van der Waals surface area contributed by atoms with Crippen LogP contribution in [0.1, 0.15) is 34.6 Å². The zero-order valence-corrected chi connectivity index (χ0v) is 21.4. The van der Waals surface area contributed by atoms with Gasteiger partial charge in [0.05, 0.1) is 0 Å². The highest BCUT2D eigenvalue weighted by Crippen LogP contribution is 2.46. The van der Waals surface area contributed by atoms with Crippen molar-refractivity contribution in [3.05, 3.63) is 144 Å². The summed E-state index contributed by atoms with van der Waals surface area (Å²) in [5.74, 6) is 1.72. The zero-order valence-electron chi connectivity index (χ0n) is 19.7. The molecule has 0 aliphatic carbocycles. The Hall–Kier alpha value is -3.48. The molecule has 0 aromatic heterocycles. The second-order valence-corrected chi connectivity index (χ2v) is 10.5. The Morgan fingerprint density at radius 1 is 0.472 bits per heavy atom. The summed E-state index contributed by atoms with van der Waals surface area (Å²) in [6.07, 6.45) is -0.277. The molecule has 4 aromatic carbocycles. The number of rotatable bonds is 6. The topological polar surface area (TPSA) is 31.2 Å². The number of fused-ring (bicyclic) bond motifs is 1. The van der Waals surface area contributed by atoms with Gasteiger partial charge in [-0.1, -0.05) is 145 Å². The molecule has 0 spiro atoms. The molecule has 2 aliphatic heterocycles. The number of hydrogen-bond acceptors (Lipinski definition) is 6. The maximum Gasteiger partial charge on any atom is 0.183 e. The van der Waals surface area contributed by atoms with Gasteiger partial charge < -0.3 is 0 Å². The van der Waals surface area contributed by atoms with Gasteiger partial charge >= 0.3 is 0 Å². The predicted octanol–water partition coefficient (Wildman–Crippen LogP) is 7.51. The fourth-order valence-corrected chi connectivity index (χ4v) is 6.36. The molecule has 4 nitrogen and oxygen atoms in total. The first-order valence-electron chi connectivity index (χ1n) is 12.0. The minimum atomic E-state index is -0.139. The zero-order chi connectivity index (χ0) is 24.2. The van der Waals surface area contributed by atoms with E-state index in [1.807, 2.05) is 0 Å². The molecule has 178 valence electrons. The number of aliphatic imine (C=N–C) groups is 2. The van der Waals surface area contributed by atoms with Gasteiger partial charge in [0.1, 0.15) is 0 Å². The van der Waals surface area contributed by atoms with E-state index in [2.05, 4.69) is 131 Å². The molecular weight excluding hydrogens is 480 g/mol. The third-order valence-corrected chi connectivity index (χ3v) is 8.23. The maximum atomic E-state index is 5.28. The van der Waals surface area contributed by atoms with Crippen molar-refractivity contribution in [2.24, 2.45) is 9.98 Å². The number of hydrazine groups is 1. The molecule has 2 heterocycles. The predicted molar refractivity (Wildman–Crippen MR) is 152 cm³/mol. The van der Waals surface area contributed by atoms with Crippen LogP contribution in [0, 0.1) is 0 Å². The van der Waals surface area contributed by atoms with E-state index in [0.717, 1.165) is 21.8 Å². The van der Waals surface area contributed by atoms with Crippen LogP contribution in [0.3, 0.4) is 0 Å². The number of thioether (sulfide) groups is 2. The summed E-state index contributed by atoms with van der Waals surface area (Å²) in [4.78, 5) is 10.6. The van der Waals surface area contributed by atoms with Crippen molar-refractivity contribution in [2.45, 2.75) is 23.8 Å². The van der Waals surface area contributed by atoms with Gasteiger partial charge in [-0.2, -0.15) is 0 Å². The van der Waals surface area contributed by atoms with Crippen molar-refractivity contribution in [3.63, 3.8) is 0 Å². The molecule has 0 bridgehead atoms. The van der Waals surface area contributed by atoms with Crippen LogP contribution in [-0.2, 0) is 11.5 Å². The molecular formula is C30H26N4S2. The number of amidine groups is 2. The van der Waals surface area contributed by atoms with Gasteiger partial charge in [0.15, 0.2) is 22.7 Å². The molecule has 2 atom stereocenters. The fourth-order valence-electron chi connectivity index (χ4n) is 4.40. The Kier molecular flexibility index (Phi) is 6.79. The fraction of sp³-hybridized carbons (Fsp3) is 0.133. The third-order valence-electron chi connectivity index (χ3n) is 6.17. The molecule has 4 aromatic rings. The highest BCUT2D eigenvalue weighted by molar-refractivity contribution is 8.13. The van der Waals surface area contributed by atoms with Gasteiger partial charge in [0.25, 0.3) is 0 Å². The van der Waals surface area contributed by atoms with Crippen LogP contribution in [-0.4, -0.2) is 20.4 Å². The van der Waals surface area contributed by atoms with E-state index in [1.165, 1.54) is 22.3 Å². The van der Waals surface area contributed by atoms with E-state index in [9.17, 15) is 0 Å². The Bertz CT molecular complexity index is 1240. The molecule has 6 heteroatoms. The average Bonchev–Trinajstić information content (AvgIpc) is 3.52. The first-order chi connectivity index (χ1) is 17.9. The van der Waals surface area contributed by atoms with Crippen molar-refractivity contribution < 1.29 is 0 Å². The normalized spacial score (nSPS) is 18.7. The summed E-state index contributed by atoms with van der Waals surface area (Å²) in [6.45, 7) is 0. The lowest BCUT2D eigenvalue weighted by Gasteiger charge is -2.31. The number of hydrogen-bond donors (Lipinski definition) is 0. The average molecular weight is 507 g/mol. The number of benzene rings is 4. The Labute approximate surface area is 220 Å². The molecule has 0 amide bonds. The summed E-state index contributed by atoms with van der Waals surface area (Å²) in [6, 6.07) is 42.3. The van der Waals surface area contributed by atoms with E-state index >= 15 is 0 Å². The first-order valence-corrected chi connectivity index (χ1v) is 14.0. The Morgan fingerprint density at radius 3 is 1.17 bits per heavy atom. The van der Waals surface area contributed by atoms with Crippen LogP contribution >= 0.6 is 23.5 Å². The second kappa shape index (κ2) is 10.6. The van der Waals surface area contributed by atoms with Crippen LogP contribution < -0.4 is 0 Å². The second-order valence-electron chi connectivity index (χ2n) is 8.63. The SMILES string of the molecule is c1ccc(CSC2=N[C@@H](c3ccccc3)N3C(SCc4ccccc4)=N[C@@H](c4ccccc4)N23)cc1. The van der Waals surface area contributed by atoms with E-state index in [0.29, 0.717) is 0 Å². The summed E-state index contributed by atoms with van der Waals surface area (Å²) in [7, 11) is 0. The molecule has 36 heavy (non-hydrogen) atoms. The molecule has 0 fully saturated rings. The lowest BCUT2D eigenvalue weighted by atomic mass is 10.2. The van der Waals surface area contributed by atoms with Crippen molar-refractivity contribution in [3.8, 4) is 0 Å². The molecule has 0 saturated heterocycles. The van der Waals surface area contributed by atoms with Crippen LogP contribution in [0.25, 0.3) is 0 Å². The smallest absolute Gasteiger partial charge is 0.183 e. The summed E-state index contributed by atoms with van der Waals surface area (Å²) in [5.41, 5.74) is 4.91. The van der Waals surface area contributed by atoms with E-state index in [4.69, 9.17) is 9.98 Å². The monoisotopic (exact) mass is 506 g/mol. The van der Waals surface area contributed by atoms with Crippen molar-refractivity contribution in [1.29, 1.82) is 0 Å². The van der Waals surface area contributed by atoms with Gasteiger partial charge in [0, 0.05) is 11.5 Å². The van der Waals surface area contributed by atoms with E-state index in [-0.39, 0.29) is 12.3 Å². The highest BCUT2D eigenvalue weighted by atomic mass is 32.2. The largest absolute Gasteiger partial charge is 0.229 e. The summed E-state index contributed by atoms with van der Waals surface area (Å²) in [5, 5.41) is 6.60. The van der Waals surface area contributed by atoms with Crippen molar-refractivity contribution in [1.82, 2.24) is 10.0 Å². The third kappa shape index (κ3) is 4.79. The van der Waals surface area contributed by atoms with Crippen LogP contribution in [0.5, 0.6) is 0 Å². The molecule has 0 saturated carbocycles. The summed E-state index contributed by atoms with van der Waals surface area (Å²) < 4.78 is 0. The quantitative estimate of drug-likeness (QED) is 0.271. The minimum absolute atomic E-state index is 0.139. The molecule has 0 unspecified atom stereocenters. The lowest BCUT2D eigenvalue weighted by Crippen LogP contribution is -2.40. The van der Waals surface area contributed by atoms with Crippen LogP contribution in [0.4, 0.5) is 0 Å². The molecule has 0 radical (unpaired) electrons. The highest BCUT2D eigenvalue weighted by Gasteiger charge is 2.46. The van der Waals surface area contributed by atoms with Crippen molar-refractivity contribution in [2.75, 3.05) is 0 Å². The maximum absolute atomic E-state index is 5.28. The Morgan fingerprint density at radius 2 is 0.806 bits per heavy atom. The number of nitrogens with zero attached hydrogens (tertiary/aromatic N) is 4. The first kappa shape index (κ1) is 23.0. The van der Waals surface area contributed by atoms with Crippen LogP contribution in [0.2, 0.25) is 0 Å². The molecule has 6 rings (SSSR count). The van der Waals surface area contributed by atoms with E-state index in [1.54, 1.807) is 23.5 Å². The molecule has 2 aliphatic rings. The standard InChI is InChI=1S/C30H26N4S2/c1-5-13-23(14-6-1)21-35-29-31-27(25-17-9-3-10-18-25)34-30(36-22-24-15-7-2-8-16-24)32-28(33(29)34)26-19-11-4-12-20-26/h1-20,27-28H,21-22H2/t27-,28-/m1/s1. The van der Waals surface area contributed by atoms with Gasteiger partial charge in [-0.25, -0.2) is 20.0 Å². The summed E-state index contributed by atoms with van der Waals surface area (Å²) >= 11 is 3.56. The van der Waals surface area contributed by atoms with Gasteiger partial charge in [-0.05, 0) is 22.3 Å². The van der Waals surface area contributed by atoms with Gasteiger partial charge in [-0.3, -0.25) is 0 Å². The minimum Gasteiger partial charge on any atom is -0.229 e. The van der Waals surface area contributed by atoms with Crippen LogP contribution in [0.15, 0.2) is 131 Å². The lowest BCUT2D eigenvalue weighted by molar-refractivity contribution is 0.105. The van der Waals surface area contributed by atoms with Crippen molar-refractivity contribution >= 4 is 33.9 Å². The van der Waals surface area contributed by atoms with Gasteiger partial charge in [-0.15, -0.1) is 0 Å². The Balaban J connectivity index is 1.36.